The van der Waals surface area contributed by atoms with E-state index in [0.29, 0.717) is 0 Å². The molecule has 0 amide bonds. The number of rotatable bonds is 5. The van der Waals surface area contributed by atoms with Crippen LogP contribution in [0.4, 0.5) is 34.1 Å². The van der Waals surface area contributed by atoms with Crippen LogP contribution >= 0.6 is 11.3 Å². The summed E-state index contributed by atoms with van der Waals surface area (Å²) in [4.78, 5) is 5.33. The van der Waals surface area contributed by atoms with Gasteiger partial charge in [0, 0.05) is 54.7 Å². The van der Waals surface area contributed by atoms with Crippen LogP contribution in [0, 0.1) is 5.41 Å². The number of anilines is 6. The maximum atomic E-state index is 2.74. The molecule has 2 nitrogen and oxygen atoms in total. The van der Waals surface area contributed by atoms with Crippen molar-refractivity contribution in [1.82, 2.24) is 0 Å². The van der Waals surface area contributed by atoms with Gasteiger partial charge in [-0.25, -0.2) is 0 Å². The zero-order chi connectivity index (χ0) is 54.6. The maximum absolute atomic E-state index is 2.74. The minimum Gasteiger partial charge on any atom is -0.311 e. The molecule has 13 rings (SSSR count). The topological polar surface area (TPSA) is 6.48 Å². The van der Waals surface area contributed by atoms with Crippen molar-refractivity contribution in [2.24, 2.45) is 5.41 Å². The quantitative estimate of drug-likeness (QED) is 0.159. The second kappa shape index (κ2) is 17.6. The molecule has 4 heteroatoms. The van der Waals surface area contributed by atoms with Crippen LogP contribution in [0.25, 0.3) is 31.3 Å². The monoisotopic (exact) mass is 1040 g/mol. The van der Waals surface area contributed by atoms with Gasteiger partial charge in [-0.2, -0.15) is 0 Å². The first-order chi connectivity index (χ1) is 36.9. The summed E-state index contributed by atoms with van der Waals surface area (Å²) in [6, 6.07) is 62.5. The van der Waals surface area contributed by atoms with Gasteiger partial charge in [-0.15, -0.1) is 11.3 Å². The van der Waals surface area contributed by atoms with Crippen molar-refractivity contribution in [3.8, 4) is 11.1 Å². The van der Waals surface area contributed by atoms with Crippen molar-refractivity contribution in [3.05, 3.63) is 197 Å². The van der Waals surface area contributed by atoms with Crippen LogP contribution in [0.2, 0.25) is 0 Å². The van der Waals surface area contributed by atoms with Crippen molar-refractivity contribution in [2.45, 2.75) is 162 Å². The molecule has 1 fully saturated rings. The standard InChI is InChI=1S/C74H79BN2S/c1-69(2,3)47-26-31-51(32-27-47)76(52-33-28-48(29-34-52)70(4,5)6)53-43-57-58-45-73(13)38-20-21-39-74(73,14)59-41-50(72(10,11)12)42-60(65(58)59)75-66(57)63(44-53)77(62-37-35-55-54-24-18-19-25-64(54)78-68(55)67(62)75)61-36-30-49(71(7,8)9)40-56(61)46-22-16-15-17-23-46/h15-19,22-37,40-44,58H,20-21,38-39,45H2,1-14H3. The first-order valence-electron chi connectivity index (χ1n) is 29.3. The molecule has 0 bridgehead atoms. The number of fused-ring (bicyclic) bond motifs is 10. The van der Waals surface area contributed by atoms with Gasteiger partial charge in [0.25, 0.3) is 0 Å². The van der Waals surface area contributed by atoms with E-state index in [0.717, 1.165) is 6.42 Å². The lowest BCUT2D eigenvalue weighted by molar-refractivity contribution is 0.0602. The van der Waals surface area contributed by atoms with Crippen LogP contribution in [-0.2, 0) is 27.1 Å². The Morgan fingerprint density at radius 1 is 0.513 bits per heavy atom. The summed E-state index contributed by atoms with van der Waals surface area (Å²) in [6.07, 6.45) is 6.21. The molecule has 8 aromatic carbocycles. The molecule has 1 aromatic heterocycles. The summed E-state index contributed by atoms with van der Waals surface area (Å²) in [5.41, 5.74) is 24.7. The lowest BCUT2D eigenvalue weighted by Gasteiger charge is -2.59. The molecule has 3 atom stereocenters. The highest BCUT2D eigenvalue weighted by Gasteiger charge is 2.57. The second-order valence-electron chi connectivity index (χ2n) is 28.6. The molecule has 3 unspecified atom stereocenters. The highest BCUT2D eigenvalue weighted by atomic mass is 32.1. The van der Waals surface area contributed by atoms with E-state index in [4.69, 9.17) is 0 Å². The van der Waals surface area contributed by atoms with Gasteiger partial charge in [-0.1, -0.05) is 212 Å². The summed E-state index contributed by atoms with van der Waals surface area (Å²) < 4.78 is 2.76. The van der Waals surface area contributed by atoms with E-state index in [-0.39, 0.29) is 45.1 Å². The molecular weight excluding hydrogens is 960 g/mol. The Bertz CT molecular complexity index is 3800. The number of nitrogens with zero attached hydrogens (tertiary/aromatic N) is 2. The van der Waals surface area contributed by atoms with E-state index >= 15 is 0 Å². The third-order valence-electron chi connectivity index (χ3n) is 19.6. The average Bonchev–Trinajstić information content (AvgIpc) is 3.78. The molecule has 0 radical (unpaired) electrons. The van der Waals surface area contributed by atoms with Gasteiger partial charge in [0.2, 0.25) is 6.71 Å². The SMILES string of the molecule is CC(C)(C)c1ccc(N(c2ccc(C(C)(C)C)cc2)c2cc3c4c(c2)N(c2ccc(C(C)(C)C)cc2-c2ccccc2)c2ccc5c(sc6ccccc65)c2B4c2cc(C(C)(C)C)cc4c2C3CC2(C)CCCCC42C)cc1. The van der Waals surface area contributed by atoms with E-state index in [9.17, 15) is 0 Å². The normalized spacial score (nSPS) is 19.8. The van der Waals surface area contributed by atoms with E-state index < -0.39 is 0 Å². The van der Waals surface area contributed by atoms with Gasteiger partial charge in [-0.05, 0) is 173 Å². The van der Waals surface area contributed by atoms with Crippen molar-refractivity contribution in [3.63, 3.8) is 0 Å². The van der Waals surface area contributed by atoms with Gasteiger partial charge in [0.05, 0.1) is 5.69 Å². The van der Waals surface area contributed by atoms with E-state index in [1.807, 2.05) is 11.3 Å². The predicted octanol–water partition coefficient (Wildman–Crippen LogP) is 19.4. The van der Waals surface area contributed by atoms with Gasteiger partial charge in [0.1, 0.15) is 0 Å². The van der Waals surface area contributed by atoms with E-state index in [2.05, 4.69) is 264 Å². The summed E-state index contributed by atoms with van der Waals surface area (Å²) in [6.45, 7) is 33.7. The zero-order valence-corrected chi connectivity index (χ0v) is 49.8. The first-order valence-corrected chi connectivity index (χ1v) is 30.1. The van der Waals surface area contributed by atoms with Gasteiger partial charge in [0.15, 0.2) is 0 Å². The fourth-order valence-electron chi connectivity index (χ4n) is 14.8. The third-order valence-corrected chi connectivity index (χ3v) is 20.8. The number of hydrogen-bond donors (Lipinski definition) is 0. The van der Waals surface area contributed by atoms with Crippen LogP contribution in [0.3, 0.4) is 0 Å². The molecular formula is C74H79BN2S. The Balaban J connectivity index is 1.20. The molecule has 1 saturated carbocycles. The molecule has 2 aliphatic heterocycles. The maximum Gasteiger partial charge on any atom is 0.249 e. The molecule has 0 spiro atoms. The Labute approximate surface area is 471 Å². The Kier molecular flexibility index (Phi) is 11.5. The first kappa shape index (κ1) is 51.1. The van der Waals surface area contributed by atoms with Crippen LogP contribution in [0.1, 0.15) is 174 Å². The Hall–Kier alpha value is -6.36. The lowest BCUT2D eigenvalue weighted by atomic mass is 9.29. The summed E-state index contributed by atoms with van der Waals surface area (Å²) >= 11 is 2.00. The van der Waals surface area contributed by atoms with Crippen LogP contribution < -0.4 is 26.2 Å². The van der Waals surface area contributed by atoms with E-state index in [1.54, 1.807) is 16.6 Å². The Morgan fingerprint density at radius 3 is 1.74 bits per heavy atom. The van der Waals surface area contributed by atoms with Gasteiger partial charge < -0.3 is 9.80 Å². The second-order valence-corrected chi connectivity index (χ2v) is 29.7. The fourth-order valence-corrected chi connectivity index (χ4v) is 16.0. The van der Waals surface area contributed by atoms with Crippen LogP contribution in [-0.4, -0.2) is 6.71 Å². The summed E-state index contributed by atoms with van der Waals surface area (Å²) in [5.74, 6) is 0.223. The lowest BCUT2D eigenvalue weighted by Crippen LogP contribution is -2.64. The number of thiophene rings is 1. The van der Waals surface area contributed by atoms with Crippen molar-refractivity contribution in [2.75, 3.05) is 9.80 Å². The molecule has 394 valence electrons. The third kappa shape index (κ3) is 7.91. The van der Waals surface area contributed by atoms with Crippen molar-refractivity contribution >= 4 is 88.7 Å². The smallest absolute Gasteiger partial charge is 0.249 e. The van der Waals surface area contributed by atoms with Crippen LogP contribution in [0.15, 0.2) is 158 Å². The van der Waals surface area contributed by atoms with E-state index in [1.165, 1.54) is 130 Å². The molecule has 0 N–H and O–H groups in total. The largest absolute Gasteiger partial charge is 0.311 e. The van der Waals surface area contributed by atoms with Crippen molar-refractivity contribution < 1.29 is 0 Å². The molecule has 9 aromatic rings. The minimum absolute atomic E-state index is 0.0236. The number of benzene rings is 8. The van der Waals surface area contributed by atoms with Crippen LogP contribution in [0.5, 0.6) is 0 Å². The van der Waals surface area contributed by atoms with Gasteiger partial charge in [-0.3, -0.25) is 0 Å². The highest BCUT2D eigenvalue weighted by molar-refractivity contribution is 7.28. The molecule has 0 saturated heterocycles. The predicted molar refractivity (Wildman–Crippen MR) is 340 cm³/mol. The van der Waals surface area contributed by atoms with Gasteiger partial charge >= 0.3 is 0 Å². The number of hydrogen-bond acceptors (Lipinski definition) is 3. The molecule has 2 aliphatic carbocycles. The molecule has 78 heavy (non-hydrogen) atoms. The summed E-state index contributed by atoms with van der Waals surface area (Å²) in [7, 11) is 0. The van der Waals surface area contributed by atoms with Crippen molar-refractivity contribution in [1.29, 1.82) is 0 Å². The fraction of sp³-hybridized carbons (Fsp3) is 0.351. The molecule has 3 heterocycles. The highest BCUT2D eigenvalue weighted by Crippen LogP contribution is 2.63. The minimum atomic E-state index is -0.0439. The Morgan fingerprint density at radius 2 is 1.10 bits per heavy atom. The molecule has 4 aliphatic rings. The summed E-state index contributed by atoms with van der Waals surface area (Å²) in [5, 5.41) is 2.71. The average molecular weight is 1040 g/mol. The zero-order valence-electron chi connectivity index (χ0n) is 49.0.